The first-order valence-corrected chi connectivity index (χ1v) is 11.5. The number of fused-ring (bicyclic) bond motifs is 1. The van der Waals surface area contributed by atoms with Gasteiger partial charge in [-0.2, -0.15) is 0 Å². The highest BCUT2D eigenvalue weighted by Crippen LogP contribution is 2.20. The normalized spacial score (nSPS) is 12.0. The molecular formula is C18H25NO2Si. The van der Waals surface area contributed by atoms with Gasteiger partial charge in [0.15, 0.2) is 0 Å². The summed E-state index contributed by atoms with van der Waals surface area (Å²) in [5, 5.41) is 11.6. The van der Waals surface area contributed by atoms with Crippen molar-refractivity contribution >= 4 is 24.8 Å². The smallest absolute Gasteiger partial charge is 0.317 e. The van der Waals surface area contributed by atoms with Gasteiger partial charge in [0, 0.05) is 14.6 Å². The molecule has 0 fully saturated rings. The number of aliphatic carboxylic acids is 1. The van der Waals surface area contributed by atoms with E-state index in [1.54, 1.807) is 0 Å². The van der Waals surface area contributed by atoms with Gasteiger partial charge in [0.2, 0.25) is 0 Å². The number of benzene rings is 2. The molecule has 0 unspecified atom stereocenters. The minimum Gasteiger partial charge on any atom is -0.480 e. The Balaban J connectivity index is 2.19. The van der Waals surface area contributed by atoms with Crippen LogP contribution in [0, 0.1) is 0 Å². The van der Waals surface area contributed by atoms with Gasteiger partial charge in [-0.3, -0.25) is 9.69 Å². The zero-order chi connectivity index (χ0) is 16.2. The summed E-state index contributed by atoms with van der Waals surface area (Å²) in [6.45, 7) is 8.62. The Hall–Kier alpha value is -1.65. The van der Waals surface area contributed by atoms with Crippen molar-refractivity contribution in [2.75, 3.05) is 13.1 Å². The number of rotatable bonds is 7. The molecule has 0 aliphatic heterocycles. The average Bonchev–Trinajstić information content (AvgIpc) is 2.44. The molecule has 2 rings (SSSR count). The molecule has 1 N–H and O–H groups in total. The molecular weight excluding hydrogens is 290 g/mol. The molecule has 0 amide bonds. The molecule has 118 valence electrons. The standard InChI is InChI=1S/C18H25NO2Si/c1-22(2,3)12-11-19(14-18(20)21)13-16-9-6-8-15-7-4-5-10-17(15)16/h4-10H,11-14H2,1-3H3,(H,20,21). The summed E-state index contributed by atoms with van der Waals surface area (Å²) in [5.41, 5.74) is 1.20. The van der Waals surface area contributed by atoms with Crippen LogP contribution in [0.25, 0.3) is 10.8 Å². The van der Waals surface area contributed by atoms with E-state index in [9.17, 15) is 9.90 Å². The molecule has 0 heterocycles. The van der Waals surface area contributed by atoms with Crippen LogP contribution < -0.4 is 0 Å². The summed E-state index contributed by atoms with van der Waals surface area (Å²) < 4.78 is 0. The highest BCUT2D eigenvalue weighted by molar-refractivity contribution is 6.76. The molecule has 22 heavy (non-hydrogen) atoms. The largest absolute Gasteiger partial charge is 0.480 e. The van der Waals surface area contributed by atoms with E-state index in [1.807, 2.05) is 12.1 Å². The van der Waals surface area contributed by atoms with E-state index in [2.05, 4.69) is 54.9 Å². The Kier molecular flexibility index (Phi) is 5.37. The second kappa shape index (κ2) is 7.07. The number of carboxylic acids is 1. The minimum atomic E-state index is -1.18. The van der Waals surface area contributed by atoms with Gasteiger partial charge in [0.1, 0.15) is 0 Å². The Morgan fingerprint density at radius 1 is 1.09 bits per heavy atom. The number of nitrogens with zero attached hydrogens (tertiary/aromatic N) is 1. The van der Waals surface area contributed by atoms with Crippen LogP contribution in [0.3, 0.4) is 0 Å². The van der Waals surface area contributed by atoms with Crippen molar-refractivity contribution in [1.29, 1.82) is 0 Å². The molecule has 0 bridgehead atoms. The molecule has 2 aromatic carbocycles. The monoisotopic (exact) mass is 315 g/mol. The summed E-state index contributed by atoms with van der Waals surface area (Å²) in [5.74, 6) is -0.754. The molecule has 0 spiro atoms. The molecule has 0 saturated carbocycles. The van der Waals surface area contributed by atoms with E-state index in [0.29, 0.717) is 6.54 Å². The lowest BCUT2D eigenvalue weighted by atomic mass is 10.0. The zero-order valence-electron chi connectivity index (χ0n) is 13.7. The summed E-state index contributed by atoms with van der Waals surface area (Å²) >= 11 is 0. The Morgan fingerprint density at radius 2 is 1.77 bits per heavy atom. The van der Waals surface area contributed by atoms with Gasteiger partial charge in [-0.15, -0.1) is 0 Å². The van der Waals surface area contributed by atoms with Crippen molar-refractivity contribution in [3.63, 3.8) is 0 Å². The molecule has 0 atom stereocenters. The quantitative estimate of drug-likeness (QED) is 0.783. The topological polar surface area (TPSA) is 40.5 Å². The fourth-order valence-electron chi connectivity index (χ4n) is 2.57. The lowest BCUT2D eigenvalue weighted by Crippen LogP contribution is -2.34. The third kappa shape index (κ3) is 4.96. The van der Waals surface area contributed by atoms with Crippen LogP contribution >= 0.6 is 0 Å². The highest BCUT2D eigenvalue weighted by Gasteiger charge is 2.17. The lowest BCUT2D eigenvalue weighted by molar-refractivity contribution is -0.138. The predicted octanol–water partition coefficient (Wildman–Crippen LogP) is 4.06. The van der Waals surface area contributed by atoms with Crippen molar-refractivity contribution in [3.05, 3.63) is 48.0 Å². The minimum absolute atomic E-state index is 0.105. The molecule has 3 nitrogen and oxygen atoms in total. The molecule has 0 radical (unpaired) electrons. The van der Waals surface area contributed by atoms with Gasteiger partial charge in [-0.1, -0.05) is 62.1 Å². The fourth-order valence-corrected chi connectivity index (χ4v) is 3.56. The van der Waals surface area contributed by atoms with Crippen molar-refractivity contribution in [1.82, 2.24) is 4.90 Å². The average molecular weight is 315 g/mol. The van der Waals surface area contributed by atoms with Gasteiger partial charge < -0.3 is 5.11 Å². The van der Waals surface area contributed by atoms with Crippen LogP contribution in [-0.2, 0) is 11.3 Å². The summed E-state index contributed by atoms with van der Waals surface area (Å²) in [6.07, 6.45) is 0. The van der Waals surface area contributed by atoms with Gasteiger partial charge in [-0.05, 0) is 28.9 Å². The number of carboxylic acid groups (broad SMARTS) is 1. The van der Waals surface area contributed by atoms with Crippen LogP contribution in [0.4, 0.5) is 0 Å². The zero-order valence-corrected chi connectivity index (χ0v) is 14.7. The first-order chi connectivity index (χ1) is 10.3. The number of carbonyl (C=O) groups is 1. The first-order valence-electron chi connectivity index (χ1n) is 7.76. The van der Waals surface area contributed by atoms with Gasteiger partial charge in [-0.25, -0.2) is 0 Å². The lowest BCUT2D eigenvalue weighted by Gasteiger charge is -2.25. The molecule has 4 heteroatoms. The van der Waals surface area contributed by atoms with Crippen LogP contribution in [0.1, 0.15) is 5.56 Å². The maximum Gasteiger partial charge on any atom is 0.317 e. The molecule has 0 aliphatic carbocycles. The maximum atomic E-state index is 11.2. The maximum absolute atomic E-state index is 11.2. The fraction of sp³-hybridized carbons (Fsp3) is 0.389. The summed E-state index contributed by atoms with van der Waals surface area (Å²) in [6, 6.07) is 15.7. The summed E-state index contributed by atoms with van der Waals surface area (Å²) in [7, 11) is -1.18. The second-order valence-corrected chi connectivity index (χ2v) is 12.7. The van der Waals surface area contributed by atoms with Crippen LogP contribution in [0.15, 0.2) is 42.5 Å². The van der Waals surface area contributed by atoms with E-state index in [0.717, 1.165) is 12.6 Å². The Bertz CT molecular complexity index is 644. The molecule has 0 aliphatic rings. The van der Waals surface area contributed by atoms with E-state index in [4.69, 9.17) is 0 Å². The van der Waals surface area contributed by atoms with Crippen molar-refractivity contribution in [2.24, 2.45) is 0 Å². The number of hydrogen-bond donors (Lipinski definition) is 1. The van der Waals surface area contributed by atoms with Crippen LogP contribution in [-0.4, -0.2) is 37.1 Å². The van der Waals surface area contributed by atoms with Crippen molar-refractivity contribution in [3.8, 4) is 0 Å². The third-order valence-electron chi connectivity index (χ3n) is 3.81. The summed E-state index contributed by atoms with van der Waals surface area (Å²) in [4.78, 5) is 13.2. The van der Waals surface area contributed by atoms with Crippen molar-refractivity contribution in [2.45, 2.75) is 32.2 Å². The van der Waals surface area contributed by atoms with E-state index < -0.39 is 14.0 Å². The first kappa shape index (κ1) is 16.7. The second-order valence-electron chi connectivity index (χ2n) is 7.05. The Morgan fingerprint density at radius 3 is 2.45 bits per heavy atom. The Labute approximate surface area is 133 Å². The third-order valence-corrected chi connectivity index (χ3v) is 5.53. The van der Waals surface area contributed by atoms with Crippen LogP contribution in [0.2, 0.25) is 25.7 Å². The molecule has 0 saturated heterocycles. The van der Waals surface area contributed by atoms with Gasteiger partial charge in [0.05, 0.1) is 6.54 Å². The van der Waals surface area contributed by atoms with E-state index in [-0.39, 0.29) is 6.54 Å². The van der Waals surface area contributed by atoms with Crippen molar-refractivity contribution < 1.29 is 9.90 Å². The van der Waals surface area contributed by atoms with E-state index >= 15 is 0 Å². The molecule has 2 aromatic rings. The molecule has 0 aromatic heterocycles. The van der Waals surface area contributed by atoms with Crippen LogP contribution in [0.5, 0.6) is 0 Å². The van der Waals surface area contributed by atoms with Gasteiger partial charge >= 0.3 is 5.97 Å². The SMILES string of the molecule is C[Si](C)(C)CCN(CC(=O)O)Cc1cccc2ccccc12. The number of hydrogen-bond acceptors (Lipinski definition) is 2. The predicted molar refractivity (Wildman–Crippen MR) is 95.0 cm³/mol. The highest BCUT2D eigenvalue weighted by atomic mass is 28.3. The van der Waals surface area contributed by atoms with Gasteiger partial charge in [0.25, 0.3) is 0 Å². The van der Waals surface area contributed by atoms with E-state index in [1.165, 1.54) is 16.3 Å².